The molecular formula is C22H18N3OP. The molecule has 0 bridgehead atoms. The number of rotatable bonds is 6. The number of H-pyrrole nitrogens is 1. The second kappa shape index (κ2) is 8.07. The number of aromatic nitrogens is 3. The molecular weight excluding hydrogens is 353 g/mol. The lowest BCUT2D eigenvalue weighted by atomic mass is 10.1. The van der Waals surface area contributed by atoms with Gasteiger partial charge in [0, 0.05) is 0 Å². The minimum Gasteiger partial charge on any atom is -0.291 e. The van der Waals surface area contributed by atoms with E-state index < -0.39 is 7.92 Å². The highest BCUT2D eigenvalue weighted by atomic mass is 31.1. The maximum Gasteiger partial charge on any atom is 0.197 e. The van der Waals surface area contributed by atoms with Crippen LogP contribution in [0.4, 0.5) is 0 Å². The number of nitrogens with zero attached hydrogens (tertiary/aromatic N) is 2. The van der Waals surface area contributed by atoms with Gasteiger partial charge >= 0.3 is 0 Å². The molecule has 0 radical (unpaired) electrons. The molecule has 1 heterocycles. The summed E-state index contributed by atoms with van der Waals surface area (Å²) in [7, 11) is -0.966. The Kier molecular flexibility index (Phi) is 5.17. The second-order valence-corrected chi connectivity index (χ2v) is 8.36. The van der Waals surface area contributed by atoms with E-state index >= 15 is 0 Å². The number of carbonyl (C=O) groups is 1. The van der Waals surface area contributed by atoms with E-state index in [4.69, 9.17) is 0 Å². The predicted molar refractivity (Wildman–Crippen MR) is 109 cm³/mol. The van der Waals surface area contributed by atoms with Gasteiger partial charge in [-0.2, -0.15) is 15.4 Å². The van der Waals surface area contributed by atoms with Crippen molar-refractivity contribution in [3.63, 3.8) is 0 Å². The summed E-state index contributed by atoms with van der Waals surface area (Å²) >= 11 is 0. The number of hydrogen-bond acceptors (Lipinski definition) is 3. The van der Waals surface area contributed by atoms with Crippen molar-refractivity contribution in [2.45, 2.75) is 5.66 Å². The van der Waals surface area contributed by atoms with Gasteiger partial charge in [-0.15, -0.1) is 0 Å². The van der Waals surface area contributed by atoms with Crippen LogP contribution >= 0.6 is 7.92 Å². The summed E-state index contributed by atoms with van der Waals surface area (Å²) in [6, 6.07) is 30.5. The Morgan fingerprint density at radius 2 is 1.30 bits per heavy atom. The van der Waals surface area contributed by atoms with Crippen molar-refractivity contribution in [1.29, 1.82) is 0 Å². The third kappa shape index (κ3) is 3.71. The number of benzene rings is 3. The van der Waals surface area contributed by atoms with E-state index in [1.54, 1.807) is 0 Å². The fraction of sp³-hybridized carbons (Fsp3) is 0.0455. The van der Waals surface area contributed by atoms with Crippen LogP contribution in [-0.2, 0) is 0 Å². The molecule has 0 amide bonds. The fourth-order valence-corrected chi connectivity index (χ4v) is 5.86. The van der Waals surface area contributed by atoms with Gasteiger partial charge in [-0.3, -0.25) is 4.79 Å². The summed E-state index contributed by atoms with van der Waals surface area (Å²) in [5.74, 6) is -0.0197. The average Bonchev–Trinajstić information content (AvgIpc) is 3.28. The smallest absolute Gasteiger partial charge is 0.197 e. The van der Waals surface area contributed by atoms with Gasteiger partial charge in [-0.1, -0.05) is 91.0 Å². The summed E-state index contributed by atoms with van der Waals surface area (Å²) in [5.41, 5.74) is 1.02. The van der Waals surface area contributed by atoms with E-state index in [0.717, 1.165) is 16.2 Å². The summed E-state index contributed by atoms with van der Waals surface area (Å²) in [6.07, 6.45) is 1.50. The van der Waals surface area contributed by atoms with Gasteiger partial charge in [0.25, 0.3) is 0 Å². The number of Topliss-reactive ketones (excluding diaryl/α,β-unsaturated/α-hetero) is 1. The lowest BCUT2D eigenvalue weighted by molar-refractivity contribution is 0.0983. The summed E-state index contributed by atoms with van der Waals surface area (Å²) < 4.78 is 0. The molecule has 0 aliphatic carbocycles. The summed E-state index contributed by atoms with van der Waals surface area (Å²) in [6.45, 7) is 0. The van der Waals surface area contributed by atoms with Crippen molar-refractivity contribution in [1.82, 2.24) is 15.4 Å². The first-order valence-corrected chi connectivity index (χ1v) is 10.1. The third-order valence-electron chi connectivity index (χ3n) is 4.36. The van der Waals surface area contributed by atoms with Gasteiger partial charge in [-0.25, -0.2) is 0 Å². The Morgan fingerprint density at radius 3 is 1.78 bits per heavy atom. The summed E-state index contributed by atoms with van der Waals surface area (Å²) in [4.78, 5) is 13.5. The highest BCUT2D eigenvalue weighted by Crippen LogP contribution is 2.50. The van der Waals surface area contributed by atoms with Crippen LogP contribution in [0.2, 0.25) is 0 Å². The molecule has 4 nitrogen and oxygen atoms in total. The van der Waals surface area contributed by atoms with Gasteiger partial charge in [0.1, 0.15) is 5.69 Å². The third-order valence-corrected chi connectivity index (χ3v) is 7.12. The maximum absolute atomic E-state index is 13.5. The molecule has 4 aromatic rings. The number of aromatic amines is 1. The van der Waals surface area contributed by atoms with Gasteiger partial charge in [0.15, 0.2) is 5.78 Å². The zero-order valence-corrected chi connectivity index (χ0v) is 15.5. The van der Waals surface area contributed by atoms with Gasteiger partial charge in [0.05, 0.1) is 11.9 Å². The number of carbonyl (C=O) groups excluding carboxylic acids is 1. The van der Waals surface area contributed by atoms with Crippen LogP contribution in [0.5, 0.6) is 0 Å². The normalized spacial score (nSPS) is 12.0. The van der Waals surface area contributed by atoms with Crippen molar-refractivity contribution < 1.29 is 4.79 Å². The molecule has 132 valence electrons. The highest BCUT2D eigenvalue weighted by molar-refractivity contribution is 7.74. The summed E-state index contributed by atoms with van der Waals surface area (Å²) in [5, 5.41) is 12.8. The lowest BCUT2D eigenvalue weighted by Crippen LogP contribution is -2.23. The van der Waals surface area contributed by atoms with Crippen molar-refractivity contribution in [3.05, 3.63) is 108 Å². The SMILES string of the molecule is O=C(c1cn[nH]n1)C(c1ccccc1)P(c1ccccc1)c1ccccc1. The fourth-order valence-electron chi connectivity index (χ4n) is 3.14. The maximum atomic E-state index is 13.5. The van der Waals surface area contributed by atoms with Gasteiger partial charge in [0.2, 0.25) is 0 Å². The number of hydrogen-bond donors (Lipinski definition) is 1. The van der Waals surface area contributed by atoms with E-state index in [1.807, 2.05) is 66.7 Å². The first-order valence-electron chi connectivity index (χ1n) is 8.69. The largest absolute Gasteiger partial charge is 0.291 e. The van der Waals surface area contributed by atoms with Crippen LogP contribution in [0.3, 0.4) is 0 Å². The second-order valence-electron chi connectivity index (χ2n) is 6.07. The average molecular weight is 371 g/mol. The minimum absolute atomic E-state index is 0.0197. The number of ketones is 1. The van der Waals surface area contributed by atoms with E-state index in [-0.39, 0.29) is 11.4 Å². The van der Waals surface area contributed by atoms with E-state index in [2.05, 4.69) is 39.7 Å². The minimum atomic E-state index is -0.966. The van der Waals surface area contributed by atoms with Crippen LogP contribution < -0.4 is 10.6 Å². The van der Waals surface area contributed by atoms with Crippen molar-refractivity contribution in [3.8, 4) is 0 Å². The van der Waals surface area contributed by atoms with Crippen LogP contribution in [0, 0.1) is 0 Å². The predicted octanol–water partition coefficient (Wildman–Crippen LogP) is 3.86. The molecule has 0 saturated carbocycles. The molecule has 1 unspecified atom stereocenters. The molecule has 3 aromatic carbocycles. The molecule has 0 fully saturated rings. The Balaban J connectivity index is 1.90. The van der Waals surface area contributed by atoms with Crippen molar-refractivity contribution in [2.75, 3.05) is 0 Å². The first kappa shape index (κ1) is 17.3. The molecule has 0 spiro atoms. The van der Waals surface area contributed by atoms with E-state index in [0.29, 0.717) is 5.69 Å². The standard InChI is InChI=1S/C22H18N3OP/c26-21(20-16-23-25-24-20)22(17-10-4-1-5-11-17)27(18-12-6-2-7-13-18)19-14-8-3-9-15-19/h1-16,22H,(H,23,24,25). The van der Waals surface area contributed by atoms with Crippen LogP contribution in [0.1, 0.15) is 21.7 Å². The van der Waals surface area contributed by atoms with Crippen LogP contribution in [0.25, 0.3) is 0 Å². The Labute approximate surface area is 159 Å². The molecule has 5 heteroatoms. The molecule has 1 atom stereocenters. The van der Waals surface area contributed by atoms with Crippen LogP contribution in [-0.4, -0.2) is 21.2 Å². The van der Waals surface area contributed by atoms with Gasteiger partial charge < -0.3 is 0 Å². The number of nitrogens with one attached hydrogen (secondary N) is 1. The Morgan fingerprint density at radius 1 is 0.778 bits per heavy atom. The molecule has 1 N–H and O–H groups in total. The molecule has 1 aromatic heterocycles. The molecule has 0 aliphatic heterocycles. The Hall–Kier alpha value is -3.10. The van der Waals surface area contributed by atoms with E-state index in [9.17, 15) is 4.79 Å². The lowest BCUT2D eigenvalue weighted by Gasteiger charge is -2.27. The molecule has 27 heavy (non-hydrogen) atoms. The van der Waals surface area contributed by atoms with Crippen molar-refractivity contribution in [2.24, 2.45) is 0 Å². The highest BCUT2D eigenvalue weighted by Gasteiger charge is 2.33. The topological polar surface area (TPSA) is 58.6 Å². The Bertz CT molecular complexity index is 950. The quantitative estimate of drug-likeness (QED) is 0.414. The monoisotopic (exact) mass is 371 g/mol. The van der Waals surface area contributed by atoms with Crippen molar-refractivity contribution >= 4 is 24.3 Å². The molecule has 4 rings (SSSR count). The zero-order chi connectivity index (χ0) is 18.5. The molecule has 0 saturated heterocycles. The van der Waals surface area contributed by atoms with Crippen LogP contribution in [0.15, 0.2) is 97.2 Å². The first-order chi connectivity index (χ1) is 13.3. The van der Waals surface area contributed by atoms with E-state index in [1.165, 1.54) is 6.20 Å². The van der Waals surface area contributed by atoms with Gasteiger partial charge in [-0.05, 0) is 24.1 Å². The molecule has 0 aliphatic rings. The zero-order valence-electron chi connectivity index (χ0n) is 14.6.